The first-order chi connectivity index (χ1) is 7.25. The van der Waals surface area contributed by atoms with Gasteiger partial charge >= 0.3 is 0 Å². The van der Waals surface area contributed by atoms with Crippen LogP contribution >= 0.6 is 0 Å². The Kier molecular flexibility index (Phi) is 4.66. The van der Waals surface area contributed by atoms with E-state index < -0.39 is 0 Å². The summed E-state index contributed by atoms with van der Waals surface area (Å²) in [5, 5.41) is 9.44. The number of rotatable bonds is 5. The summed E-state index contributed by atoms with van der Waals surface area (Å²) >= 11 is 0. The van der Waals surface area contributed by atoms with E-state index in [-0.39, 0.29) is 5.95 Å². The summed E-state index contributed by atoms with van der Waals surface area (Å²) in [6.07, 6.45) is 6.18. The summed E-state index contributed by atoms with van der Waals surface area (Å²) in [6.45, 7) is 2.88. The van der Waals surface area contributed by atoms with Gasteiger partial charge in [-0.05, 0) is 6.42 Å². The van der Waals surface area contributed by atoms with Crippen molar-refractivity contribution in [2.24, 2.45) is 4.99 Å². The van der Waals surface area contributed by atoms with Crippen LogP contribution in [0.3, 0.4) is 0 Å². The Balaban J connectivity index is 2.54. The Labute approximate surface area is 89.3 Å². The summed E-state index contributed by atoms with van der Waals surface area (Å²) in [4.78, 5) is 7.96. The fourth-order valence-electron chi connectivity index (χ4n) is 1.27. The van der Waals surface area contributed by atoms with E-state index in [4.69, 9.17) is 5.73 Å². The van der Waals surface area contributed by atoms with Gasteiger partial charge in [0.05, 0.1) is 0 Å². The number of nitrogens with zero attached hydrogens (tertiary/aromatic N) is 3. The molecule has 0 atom stereocenters. The molecule has 0 radical (unpaired) electrons. The standard InChI is InChI=1S/C10H18N4O/c1-2-3-4-5-7-12-9-6-8-13-10(11)14(9)15/h6,8,15H,2-5,7H2,1H3,(H2,11,13). The Hall–Kier alpha value is -1.52. The average molecular weight is 210 g/mol. The molecular weight excluding hydrogens is 192 g/mol. The van der Waals surface area contributed by atoms with Crippen LogP contribution in [0.1, 0.15) is 32.6 Å². The molecule has 0 aromatic carbocycles. The van der Waals surface area contributed by atoms with E-state index in [1.807, 2.05) is 0 Å². The van der Waals surface area contributed by atoms with Crippen molar-refractivity contribution in [2.45, 2.75) is 32.6 Å². The molecule has 0 spiro atoms. The highest BCUT2D eigenvalue weighted by atomic mass is 16.5. The molecule has 0 aliphatic heterocycles. The van der Waals surface area contributed by atoms with Gasteiger partial charge in [0.1, 0.15) is 0 Å². The van der Waals surface area contributed by atoms with Crippen LogP contribution in [0.25, 0.3) is 0 Å². The van der Waals surface area contributed by atoms with Crippen molar-refractivity contribution >= 4 is 5.95 Å². The van der Waals surface area contributed by atoms with Crippen LogP contribution in [0.15, 0.2) is 17.3 Å². The Morgan fingerprint density at radius 1 is 1.47 bits per heavy atom. The zero-order valence-electron chi connectivity index (χ0n) is 9.06. The van der Waals surface area contributed by atoms with Gasteiger partial charge in [-0.1, -0.05) is 26.2 Å². The van der Waals surface area contributed by atoms with E-state index in [1.54, 1.807) is 6.07 Å². The van der Waals surface area contributed by atoms with E-state index in [0.717, 1.165) is 11.2 Å². The topological polar surface area (TPSA) is 76.4 Å². The molecule has 0 aliphatic rings. The van der Waals surface area contributed by atoms with Crippen molar-refractivity contribution in [3.05, 3.63) is 17.8 Å². The molecule has 0 bridgehead atoms. The summed E-state index contributed by atoms with van der Waals surface area (Å²) in [5.74, 6) is 0.0600. The molecule has 0 fully saturated rings. The van der Waals surface area contributed by atoms with E-state index in [1.165, 1.54) is 25.5 Å². The summed E-state index contributed by atoms with van der Waals surface area (Å²) in [6, 6.07) is 1.64. The molecule has 0 amide bonds. The first-order valence-corrected chi connectivity index (χ1v) is 5.29. The molecule has 1 heterocycles. The molecule has 0 saturated carbocycles. The zero-order chi connectivity index (χ0) is 11.1. The molecule has 3 N–H and O–H groups in total. The van der Waals surface area contributed by atoms with Crippen molar-refractivity contribution in [3.8, 4) is 0 Å². The number of hydrogen-bond acceptors (Lipinski definition) is 4. The van der Waals surface area contributed by atoms with E-state index in [9.17, 15) is 5.21 Å². The SMILES string of the molecule is CCCCCCN=c1ccnc(N)n1O. The first-order valence-electron chi connectivity index (χ1n) is 5.29. The minimum Gasteiger partial charge on any atom is -0.423 e. The Morgan fingerprint density at radius 3 is 3.00 bits per heavy atom. The minimum absolute atomic E-state index is 0.0600. The normalized spacial score (nSPS) is 11.9. The lowest BCUT2D eigenvalue weighted by Crippen LogP contribution is -2.22. The predicted molar refractivity (Wildman–Crippen MR) is 58.4 cm³/mol. The van der Waals surface area contributed by atoms with Crippen molar-refractivity contribution in [3.63, 3.8) is 0 Å². The van der Waals surface area contributed by atoms with Gasteiger partial charge in [-0.3, -0.25) is 4.99 Å². The lowest BCUT2D eigenvalue weighted by Gasteiger charge is -2.00. The summed E-state index contributed by atoms with van der Waals surface area (Å²) < 4.78 is 0.805. The van der Waals surface area contributed by atoms with Crippen LogP contribution in [0.5, 0.6) is 0 Å². The smallest absolute Gasteiger partial charge is 0.236 e. The van der Waals surface area contributed by atoms with Gasteiger partial charge in [-0.15, -0.1) is 4.73 Å². The van der Waals surface area contributed by atoms with Gasteiger partial charge in [0.25, 0.3) is 0 Å². The molecule has 5 heteroatoms. The maximum atomic E-state index is 9.44. The molecule has 0 saturated heterocycles. The molecule has 1 aromatic heterocycles. The number of unbranched alkanes of at least 4 members (excludes halogenated alkanes) is 3. The van der Waals surface area contributed by atoms with Crippen LogP contribution in [0.4, 0.5) is 5.95 Å². The van der Waals surface area contributed by atoms with Crippen LogP contribution in [-0.4, -0.2) is 21.5 Å². The van der Waals surface area contributed by atoms with Crippen LogP contribution in [0.2, 0.25) is 0 Å². The third kappa shape index (κ3) is 3.61. The van der Waals surface area contributed by atoms with Crippen LogP contribution in [0, 0.1) is 0 Å². The third-order valence-electron chi connectivity index (χ3n) is 2.15. The number of aromatic nitrogens is 2. The van der Waals surface area contributed by atoms with E-state index in [2.05, 4.69) is 16.9 Å². The molecular formula is C10H18N4O. The number of nitrogen functional groups attached to an aromatic ring is 1. The largest absolute Gasteiger partial charge is 0.423 e. The highest BCUT2D eigenvalue weighted by molar-refractivity contribution is 5.13. The lowest BCUT2D eigenvalue weighted by atomic mass is 10.2. The second-order valence-electron chi connectivity index (χ2n) is 3.42. The fourth-order valence-corrected chi connectivity index (χ4v) is 1.27. The van der Waals surface area contributed by atoms with Crippen LogP contribution < -0.4 is 11.2 Å². The van der Waals surface area contributed by atoms with Gasteiger partial charge in [-0.25, -0.2) is 4.98 Å². The van der Waals surface area contributed by atoms with Crippen LogP contribution in [-0.2, 0) is 0 Å². The highest BCUT2D eigenvalue weighted by Crippen LogP contribution is 1.98. The quantitative estimate of drug-likeness (QED) is 0.566. The summed E-state index contributed by atoms with van der Waals surface area (Å²) in [5.41, 5.74) is 5.87. The van der Waals surface area contributed by atoms with Crippen molar-refractivity contribution in [2.75, 3.05) is 12.3 Å². The maximum Gasteiger partial charge on any atom is 0.236 e. The molecule has 84 valence electrons. The van der Waals surface area contributed by atoms with Crippen molar-refractivity contribution in [1.82, 2.24) is 9.71 Å². The van der Waals surface area contributed by atoms with Crippen molar-refractivity contribution < 1.29 is 5.21 Å². The fraction of sp³-hybridized carbons (Fsp3) is 0.600. The minimum atomic E-state index is 0.0600. The zero-order valence-corrected chi connectivity index (χ0v) is 9.06. The lowest BCUT2D eigenvalue weighted by molar-refractivity contribution is 0.175. The molecule has 15 heavy (non-hydrogen) atoms. The van der Waals surface area contributed by atoms with E-state index in [0.29, 0.717) is 12.0 Å². The first kappa shape index (κ1) is 11.6. The predicted octanol–water partition coefficient (Wildman–Crippen LogP) is 1.18. The monoisotopic (exact) mass is 210 g/mol. The number of anilines is 1. The molecule has 1 rings (SSSR count). The van der Waals surface area contributed by atoms with Gasteiger partial charge in [0, 0.05) is 18.8 Å². The Bertz CT molecular complexity index is 359. The second-order valence-corrected chi connectivity index (χ2v) is 3.42. The van der Waals surface area contributed by atoms with Gasteiger partial charge in [-0.2, -0.15) is 0 Å². The van der Waals surface area contributed by atoms with Gasteiger partial charge < -0.3 is 10.9 Å². The third-order valence-corrected chi connectivity index (χ3v) is 2.15. The highest BCUT2D eigenvalue weighted by Gasteiger charge is 1.94. The van der Waals surface area contributed by atoms with Crippen molar-refractivity contribution in [1.29, 1.82) is 0 Å². The Morgan fingerprint density at radius 2 is 2.27 bits per heavy atom. The van der Waals surface area contributed by atoms with Gasteiger partial charge in [0.15, 0.2) is 5.49 Å². The second kappa shape index (κ2) is 6.06. The van der Waals surface area contributed by atoms with E-state index >= 15 is 0 Å². The summed E-state index contributed by atoms with van der Waals surface area (Å²) in [7, 11) is 0. The molecule has 0 unspecified atom stereocenters. The number of nitrogens with two attached hydrogens (primary N) is 1. The average Bonchev–Trinajstić information content (AvgIpc) is 2.24. The number of hydrogen-bond donors (Lipinski definition) is 2. The molecule has 5 nitrogen and oxygen atoms in total. The molecule has 0 aliphatic carbocycles. The maximum absolute atomic E-state index is 9.44. The molecule has 1 aromatic rings. The van der Waals surface area contributed by atoms with Gasteiger partial charge in [0.2, 0.25) is 5.95 Å².